The van der Waals surface area contributed by atoms with Crippen molar-refractivity contribution in [3.8, 4) is 0 Å². The second kappa shape index (κ2) is 5.61. The van der Waals surface area contributed by atoms with E-state index in [9.17, 15) is 0 Å². The molecule has 0 unspecified atom stereocenters. The lowest BCUT2D eigenvalue weighted by molar-refractivity contribution is -0.0282. The molecule has 0 aromatic carbocycles. The smallest absolute Gasteiger partial charge is 0.151 e. The van der Waals surface area contributed by atoms with E-state index in [2.05, 4.69) is 26.9 Å². The summed E-state index contributed by atoms with van der Waals surface area (Å²) < 4.78 is 5.91. The number of hydrogen-bond acceptors (Lipinski definition) is 5. The third kappa shape index (κ3) is 2.68. The molecular formula is C13H19ClN4O. The van der Waals surface area contributed by atoms with E-state index in [0.717, 1.165) is 45.0 Å². The van der Waals surface area contributed by atoms with Crippen molar-refractivity contribution in [1.82, 2.24) is 15.1 Å². The van der Waals surface area contributed by atoms with Gasteiger partial charge in [0.1, 0.15) is 0 Å². The highest BCUT2D eigenvalue weighted by molar-refractivity contribution is 6.29. The molecule has 0 spiro atoms. The maximum absolute atomic E-state index is 5.91. The van der Waals surface area contributed by atoms with Gasteiger partial charge in [-0.05, 0) is 25.1 Å². The minimum atomic E-state index is 0.314. The number of likely N-dealkylation sites (tertiary alicyclic amines) is 1. The Balaban J connectivity index is 1.81. The number of piperidine rings is 1. The normalized spacial score (nSPS) is 28.2. The number of likely N-dealkylation sites (N-methyl/N-ethyl adjacent to an activating group) is 1. The first-order chi connectivity index (χ1) is 9.28. The van der Waals surface area contributed by atoms with E-state index in [4.69, 9.17) is 16.3 Å². The summed E-state index contributed by atoms with van der Waals surface area (Å²) in [6, 6.07) is 4.12. The summed E-state index contributed by atoms with van der Waals surface area (Å²) in [5, 5.41) is 8.60. The highest BCUT2D eigenvalue weighted by atomic mass is 35.5. The van der Waals surface area contributed by atoms with E-state index in [1.807, 2.05) is 6.07 Å². The van der Waals surface area contributed by atoms with Gasteiger partial charge < -0.3 is 14.5 Å². The third-order valence-electron chi connectivity index (χ3n) is 4.03. The topological polar surface area (TPSA) is 41.5 Å². The molecule has 0 saturated carbocycles. The van der Waals surface area contributed by atoms with Crippen molar-refractivity contribution >= 4 is 17.4 Å². The number of aromatic nitrogens is 2. The molecule has 0 aliphatic carbocycles. The maximum atomic E-state index is 5.91. The van der Waals surface area contributed by atoms with E-state index in [1.54, 1.807) is 6.07 Å². The van der Waals surface area contributed by atoms with Gasteiger partial charge in [0.2, 0.25) is 0 Å². The van der Waals surface area contributed by atoms with Crippen molar-refractivity contribution < 1.29 is 4.74 Å². The fourth-order valence-corrected chi connectivity index (χ4v) is 3.07. The SMILES string of the molecule is CCN1CC[C@H]2OCCN(c3ccc(Cl)nn3)[C@H]2C1. The van der Waals surface area contributed by atoms with Crippen LogP contribution in [0.25, 0.3) is 0 Å². The van der Waals surface area contributed by atoms with Crippen molar-refractivity contribution in [3.63, 3.8) is 0 Å². The van der Waals surface area contributed by atoms with Gasteiger partial charge in [-0.15, -0.1) is 10.2 Å². The lowest BCUT2D eigenvalue weighted by Gasteiger charge is -2.47. The summed E-state index contributed by atoms with van der Waals surface area (Å²) in [6.07, 6.45) is 1.41. The van der Waals surface area contributed by atoms with Crippen LogP contribution in [-0.4, -0.2) is 60.0 Å². The van der Waals surface area contributed by atoms with Crippen LogP contribution in [0.15, 0.2) is 12.1 Å². The Hall–Kier alpha value is -0.910. The largest absolute Gasteiger partial charge is 0.374 e. The summed E-state index contributed by atoms with van der Waals surface area (Å²) in [7, 11) is 0. The van der Waals surface area contributed by atoms with Crippen LogP contribution < -0.4 is 4.90 Å². The van der Waals surface area contributed by atoms with Gasteiger partial charge in [0.15, 0.2) is 11.0 Å². The summed E-state index contributed by atoms with van der Waals surface area (Å²) in [6.45, 7) is 7.08. The van der Waals surface area contributed by atoms with Crippen LogP contribution in [0.3, 0.4) is 0 Å². The second-order valence-corrected chi connectivity index (χ2v) is 5.45. The number of halogens is 1. The fourth-order valence-electron chi connectivity index (χ4n) is 2.97. The number of hydrogen-bond donors (Lipinski definition) is 0. The molecule has 3 rings (SSSR count). The van der Waals surface area contributed by atoms with E-state index in [-0.39, 0.29) is 0 Å². The van der Waals surface area contributed by atoms with Gasteiger partial charge in [-0.2, -0.15) is 0 Å². The Bertz CT molecular complexity index is 427. The first kappa shape index (κ1) is 13.1. The molecule has 19 heavy (non-hydrogen) atoms. The molecule has 1 aromatic heterocycles. The van der Waals surface area contributed by atoms with Gasteiger partial charge in [0, 0.05) is 19.6 Å². The van der Waals surface area contributed by atoms with Gasteiger partial charge >= 0.3 is 0 Å². The van der Waals surface area contributed by atoms with E-state index in [1.165, 1.54) is 0 Å². The Labute approximate surface area is 118 Å². The number of fused-ring (bicyclic) bond motifs is 1. The first-order valence-corrected chi connectivity index (χ1v) is 7.25. The Morgan fingerprint density at radius 3 is 3.00 bits per heavy atom. The lowest BCUT2D eigenvalue weighted by atomic mass is 9.98. The minimum absolute atomic E-state index is 0.314. The summed E-state index contributed by atoms with van der Waals surface area (Å²) >= 11 is 5.81. The predicted octanol–water partition coefficient (Wildman–Crippen LogP) is 1.43. The average Bonchev–Trinajstić information content (AvgIpc) is 2.47. The molecule has 104 valence electrons. The van der Waals surface area contributed by atoms with Gasteiger partial charge in [-0.3, -0.25) is 0 Å². The highest BCUT2D eigenvalue weighted by Gasteiger charge is 2.37. The number of nitrogens with zero attached hydrogens (tertiary/aromatic N) is 4. The molecule has 2 atom stereocenters. The highest BCUT2D eigenvalue weighted by Crippen LogP contribution is 2.26. The van der Waals surface area contributed by atoms with E-state index in [0.29, 0.717) is 17.3 Å². The van der Waals surface area contributed by atoms with E-state index < -0.39 is 0 Å². The molecule has 6 heteroatoms. The molecule has 2 saturated heterocycles. The summed E-state index contributed by atoms with van der Waals surface area (Å²) in [4.78, 5) is 4.78. The molecule has 0 N–H and O–H groups in total. The molecule has 0 bridgehead atoms. The van der Waals surface area contributed by atoms with E-state index >= 15 is 0 Å². The fraction of sp³-hybridized carbons (Fsp3) is 0.692. The quantitative estimate of drug-likeness (QED) is 0.821. The van der Waals surface area contributed by atoms with Crippen molar-refractivity contribution in [2.24, 2.45) is 0 Å². The second-order valence-electron chi connectivity index (χ2n) is 5.07. The Morgan fingerprint density at radius 1 is 1.37 bits per heavy atom. The number of rotatable bonds is 2. The minimum Gasteiger partial charge on any atom is -0.374 e. The van der Waals surface area contributed by atoms with Crippen LogP contribution in [0.5, 0.6) is 0 Å². The van der Waals surface area contributed by atoms with Crippen LogP contribution in [0.2, 0.25) is 5.15 Å². The van der Waals surface area contributed by atoms with Crippen LogP contribution in [0.4, 0.5) is 5.82 Å². The average molecular weight is 283 g/mol. The number of anilines is 1. The Kier molecular flexibility index (Phi) is 3.86. The van der Waals surface area contributed by atoms with Crippen LogP contribution in [-0.2, 0) is 4.74 Å². The Morgan fingerprint density at radius 2 is 2.26 bits per heavy atom. The molecule has 0 amide bonds. The zero-order valence-electron chi connectivity index (χ0n) is 11.1. The maximum Gasteiger partial charge on any atom is 0.151 e. The molecule has 1 aromatic rings. The van der Waals surface area contributed by atoms with Gasteiger partial charge in [-0.1, -0.05) is 18.5 Å². The zero-order valence-corrected chi connectivity index (χ0v) is 11.9. The first-order valence-electron chi connectivity index (χ1n) is 6.87. The predicted molar refractivity (Wildman–Crippen MR) is 74.6 cm³/mol. The van der Waals surface area contributed by atoms with Crippen LogP contribution >= 0.6 is 11.6 Å². The summed E-state index contributed by atoms with van der Waals surface area (Å²) in [5.74, 6) is 0.903. The molecule has 2 aliphatic heterocycles. The van der Waals surface area contributed by atoms with Crippen molar-refractivity contribution in [3.05, 3.63) is 17.3 Å². The third-order valence-corrected chi connectivity index (χ3v) is 4.23. The van der Waals surface area contributed by atoms with Gasteiger partial charge in [0.25, 0.3) is 0 Å². The van der Waals surface area contributed by atoms with Crippen molar-refractivity contribution in [2.45, 2.75) is 25.5 Å². The summed E-state index contributed by atoms with van der Waals surface area (Å²) in [5.41, 5.74) is 0. The van der Waals surface area contributed by atoms with Gasteiger partial charge in [0.05, 0.1) is 18.8 Å². The van der Waals surface area contributed by atoms with Crippen molar-refractivity contribution in [1.29, 1.82) is 0 Å². The molecule has 3 heterocycles. The zero-order chi connectivity index (χ0) is 13.2. The number of morpholine rings is 1. The lowest BCUT2D eigenvalue weighted by Crippen LogP contribution is -2.60. The van der Waals surface area contributed by atoms with Crippen LogP contribution in [0.1, 0.15) is 13.3 Å². The van der Waals surface area contributed by atoms with Gasteiger partial charge in [-0.25, -0.2) is 0 Å². The molecule has 2 aliphatic rings. The standard InChI is InChI=1S/C13H19ClN4O/c1-2-17-6-5-11-10(9-17)18(7-8-19-11)13-4-3-12(14)15-16-13/h3-4,10-11H,2,5-9H2,1H3/t10-,11+/m0/s1. The monoisotopic (exact) mass is 282 g/mol. The van der Waals surface area contributed by atoms with Crippen LogP contribution in [0, 0.1) is 0 Å². The molecule has 0 radical (unpaired) electrons. The number of ether oxygens (including phenoxy) is 1. The molecular weight excluding hydrogens is 264 g/mol. The van der Waals surface area contributed by atoms with Crippen molar-refractivity contribution in [2.75, 3.05) is 37.7 Å². The molecule has 2 fully saturated rings. The molecule has 5 nitrogen and oxygen atoms in total.